The molecule has 3 saturated carbocycles. The van der Waals surface area contributed by atoms with Crippen LogP contribution in [-0.2, 0) is 4.74 Å². The fraction of sp³-hybridized carbons (Fsp3) is 0.758. The Balaban J connectivity index is 1.22. The molecule has 3 fully saturated rings. The zero-order chi connectivity index (χ0) is 27.1. The van der Waals surface area contributed by atoms with Gasteiger partial charge in [0.15, 0.2) is 5.82 Å². The summed E-state index contributed by atoms with van der Waals surface area (Å²) in [7, 11) is 0. The van der Waals surface area contributed by atoms with Gasteiger partial charge in [-0.2, -0.15) is 0 Å². The van der Waals surface area contributed by atoms with E-state index in [0.717, 1.165) is 54.8 Å². The van der Waals surface area contributed by atoms with Gasteiger partial charge in [0.1, 0.15) is 6.10 Å². The van der Waals surface area contributed by atoms with E-state index in [1.807, 2.05) is 0 Å². The lowest BCUT2D eigenvalue weighted by molar-refractivity contribution is -0.0577. The molecule has 0 aromatic carbocycles. The van der Waals surface area contributed by atoms with Crippen LogP contribution in [0.1, 0.15) is 105 Å². The predicted molar refractivity (Wildman–Crippen MR) is 156 cm³/mol. The molecular weight excluding hydrogens is 470 g/mol. The van der Waals surface area contributed by atoms with Crippen molar-refractivity contribution in [3.05, 3.63) is 30.0 Å². The molecule has 5 heteroatoms. The molecule has 210 valence electrons. The minimum Gasteiger partial charge on any atom is -0.446 e. The van der Waals surface area contributed by atoms with Crippen LogP contribution in [0.2, 0.25) is 0 Å². The van der Waals surface area contributed by atoms with Gasteiger partial charge in [-0.05, 0) is 103 Å². The highest BCUT2D eigenvalue weighted by Gasteiger charge is 2.59. The van der Waals surface area contributed by atoms with E-state index >= 15 is 0 Å². The minimum absolute atomic E-state index is 0.0767. The van der Waals surface area contributed by atoms with Crippen molar-refractivity contribution >= 4 is 17.6 Å². The van der Waals surface area contributed by atoms with E-state index in [2.05, 4.69) is 51.0 Å². The average Bonchev–Trinajstić information content (AvgIpc) is 3.23. The number of amides is 1. The van der Waals surface area contributed by atoms with Gasteiger partial charge in [-0.1, -0.05) is 65.5 Å². The van der Waals surface area contributed by atoms with Crippen LogP contribution in [0.4, 0.5) is 16.3 Å². The van der Waals surface area contributed by atoms with Gasteiger partial charge in [-0.3, -0.25) is 5.32 Å². The summed E-state index contributed by atoms with van der Waals surface area (Å²) in [5.74, 6) is 5.41. The summed E-state index contributed by atoms with van der Waals surface area (Å²) < 4.78 is 5.87. The molecule has 0 spiro atoms. The lowest BCUT2D eigenvalue weighted by atomic mass is 9.47. The number of rotatable bonds is 7. The number of fused-ring (bicyclic) bond motifs is 5. The molecule has 4 aliphatic rings. The van der Waals surface area contributed by atoms with Gasteiger partial charge in [0.05, 0.1) is 5.69 Å². The molecule has 5 nitrogen and oxygen atoms in total. The summed E-state index contributed by atoms with van der Waals surface area (Å²) >= 11 is 0. The molecule has 5 rings (SSSR count). The van der Waals surface area contributed by atoms with Crippen LogP contribution in [0, 0.1) is 46.3 Å². The van der Waals surface area contributed by atoms with E-state index in [9.17, 15) is 4.79 Å². The summed E-state index contributed by atoms with van der Waals surface area (Å²) in [5.41, 5.74) is 8.70. The Morgan fingerprint density at radius 3 is 2.71 bits per heavy atom. The Morgan fingerprint density at radius 2 is 1.95 bits per heavy atom. The molecule has 0 radical (unpaired) electrons. The number of nitrogens with zero attached hydrogens (tertiary/aromatic N) is 1. The standard InChI is InChI=1S/C33H51N3O2/c1-21(2)8-6-9-22(3)26-13-14-27-25-12-11-23-20-24(38-31(37)36-30-29(34)10-7-19-35-30)15-17-32(23,4)28(25)16-18-33(26,27)5/h7,10-11,19,21-22,24-28H,6,8-9,12-18,20,34H2,1-5H3,(H,35,36,37)/t22-,24+,25+,26-,27+,28+,32+,33-/m1/s1. The third-order valence-corrected chi connectivity index (χ3v) is 11.6. The SMILES string of the molecule is CC(C)CCC[C@@H](C)[C@H]1CC[C@H]2[C@@H]3CC=C4C[C@@H](OC(=O)Nc5ncccc5N)CC[C@]4(C)[C@H]3CC[C@]12C. The molecule has 0 unspecified atom stereocenters. The topological polar surface area (TPSA) is 77.2 Å². The third-order valence-electron chi connectivity index (χ3n) is 11.6. The van der Waals surface area contributed by atoms with Gasteiger partial charge in [0.2, 0.25) is 0 Å². The highest BCUT2D eigenvalue weighted by molar-refractivity contribution is 5.87. The van der Waals surface area contributed by atoms with E-state index < -0.39 is 6.09 Å². The maximum Gasteiger partial charge on any atom is 0.413 e. The van der Waals surface area contributed by atoms with Crippen molar-refractivity contribution in [1.29, 1.82) is 0 Å². The second-order valence-corrected chi connectivity index (χ2v) is 14.1. The number of hydrogen-bond acceptors (Lipinski definition) is 4. The molecule has 0 aliphatic heterocycles. The van der Waals surface area contributed by atoms with Gasteiger partial charge < -0.3 is 10.5 Å². The van der Waals surface area contributed by atoms with Crippen molar-refractivity contribution in [3.8, 4) is 0 Å². The summed E-state index contributed by atoms with van der Waals surface area (Å²) in [6.45, 7) is 12.5. The Labute approximate surface area is 230 Å². The molecule has 0 saturated heterocycles. The largest absolute Gasteiger partial charge is 0.446 e. The summed E-state index contributed by atoms with van der Waals surface area (Å²) in [4.78, 5) is 16.8. The molecule has 38 heavy (non-hydrogen) atoms. The van der Waals surface area contributed by atoms with Crippen LogP contribution in [0.5, 0.6) is 0 Å². The third kappa shape index (κ3) is 5.11. The molecule has 1 aromatic rings. The lowest BCUT2D eigenvalue weighted by Crippen LogP contribution is -2.51. The van der Waals surface area contributed by atoms with Crippen molar-refractivity contribution in [2.75, 3.05) is 11.1 Å². The van der Waals surface area contributed by atoms with Crippen molar-refractivity contribution in [2.45, 2.75) is 111 Å². The first-order valence-electron chi connectivity index (χ1n) is 15.5. The van der Waals surface area contributed by atoms with Crippen LogP contribution in [-0.4, -0.2) is 17.2 Å². The fourth-order valence-corrected chi connectivity index (χ4v) is 9.55. The van der Waals surface area contributed by atoms with Gasteiger partial charge in [0.25, 0.3) is 0 Å². The van der Waals surface area contributed by atoms with E-state index in [0.29, 0.717) is 16.9 Å². The zero-order valence-electron chi connectivity index (χ0n) is 24.5. The summed E-state index contributed by atoms with van der Waals surface area (Å²) in [6, 6.07) is 3.48. The van der Waals surface area contributed by atoms with Gasteiger partial charge >= 0.3 is 6.09 Å². The quantitative estimate of drug-likeness (QED) is 0.352. The number of carbonyl (C=O) groups is 1. The molecule has 8 atom stereocenters. The smallest absolute Gasteiger partial charge is 0.413 e. The van der Waals surface area contributed by atoms with Crippen LogP contribution in [0.25, 0.3) is 0 Å². The second kappa shape index (κ2) is 10.8. The first kappa shape index (κ1) is 27.5. The number of anilines is 2. The van der Waals surface area contributed by atoms with Crippen molar-refractivity contribution in [2.24, 2.45) is 46.3 Å². The van der Waals surface area contributed by atoms with Crippen LogP contribution >= 0.6 is 0 Å². The van der Waals surface area contributed by atoms with Crippen molar-refractivity contribution in [1.82, 2.24) is 4.98 Å². The lowest BCUT2D eigenvalue weighted by Gasteiger charge is -2.58. The summed E-state index contributed by atoms with van der Waals surface area (Å²) in [5, 5.41) is 2.73. The predicted octanol–water partition coefficient (Wildman–Crippen LogP) is 8.62. The maximum atomic E-state index is 12.6. The molecule has 1 heterocycles. The second-order valence-electron chi connectivity index (χ2n) is 14.1. The number of carbonyl (C=O) groups excluding carboxylic acids is 1. The summed E-state index contributed by atoms with van der Waals surface area (Å²) in [6.07, 6.45) is 17.6. The number of pyridine rings is 1. The molecule has 1 aromatic heterocycles. The Bertz CT molecular complexity index is 1040. The average molecular weight is 522 g/mol. The number of ether oxygens (including phenoxy) is 1. The first-order valence-corrected chi connectivity index (χ1v) is 15.5. The van der Waals surface area contributed by atoms with Gasteiger partial charge in [-0.15, -0.1) is 0 Å². The minimum atomic E-state index is -0.453. The molecule has 0 bridgehead atoms. The van der Waals surface area contributed by atoms with E-state index in [-0.39, 0.29) is 11.5 Å². The molecule has 3 N–H and O–H groups in total. The van der Waals surface area contributed by atoms with E-state index in [4.69, 9.17) is 10.5 Å². The first-order chi connectivity index (χ1) is 18.1. The molecular formula is C33H51N3O2. The number of hydrogen-bond donors (Lipinski definition) is 2. The number of nitrogen functional groups attached to an aromatic ring is 1. The number of nitrogens with one attached hydrogen (secondary N) is 1. The zero-order valence-corrected chi connectivity index (χ0v) is 24.5. The maximum absolute atomic E-state index is 12.6. The van der Waals surface area contributed by atoms with Crippen LogP contribution in [0.3, 0.4) is 0 Å². The highest BCUT2D eigenvalue weighted by atomic mass is 16.6. The Morgan fingerprint density at radius 1 is 1.13 bits per heavy atom. The van der Waals surface area contributed by atoms with E-state index in [1.165, 1.54) is 51.4 Å². The van der Waals surface area contributed by atoms with Crippen molar-refractivity contribution < 1.29 is 9.53 Å². The Kier molecular flexibility index (Phi) is 7.86. The van der Waals surface area contributed by atoms with Gasteiger partial charge in [0, 0.05) is 12.6 Å². The monoisotopic (exact) mass is 521 g/mol. The molecule has 4 aliphatic carbocycles. The normalized spacial score (nSPS) is 37.0. The number of allylic oxidation sites excluding steroid dienone is 1. The number of nitrogens with two attached hydrogens (primary N) is 1. The van der Waals surface area contributed by atoms with Crippen LogP contribution < -0.4 is 11.1 Å². The van der Waals surface area contributed by atoms with Crippen LogP contribution in [0.15, 0.2) is 30.0 Å². The molecule has 1 amide bonds. The number of aromatic nitrogens is 1. The highest BCUT2D eigenvalue weighted by Crippen LogP contribution is 2.67. The fourth-order valence-electron chi connectivity index (χ4n) is 9.55. The van der Waals surface area contributed by atoms with E-state index in [1.54, 1.807) is 23.9 Å². The van der Waals surface area contributed by atoms with Crippen molar-refractivity contribution in [3.63, 3.8) is 0 Å². The van der Waals surface area contributed by atoms with Gasteiger partial charge in [-0.25, -0.2) is 9.78 Å². The Hall–Kier alpha value is -2.04.